The maximum Gasteiger partial charge on any atom is 0.319 e. The van der Waals surface area contributed by atoms with Crippen LogP contribution in [-0.4, -0.2) is 18.1 Å². The van der Waals surface area contributed by atoms with Crippen molar-refractivity contribution in [2.45, 2.75) is 52.6 Å². The van der Waals surface area contributed by atoms with Gasteiger partial charge in [-0.05, 0) is 51.4 Å². The summed E-state index contributed by atoms with van der Waals surface area (Å²) in [4.78, 5) is 12.0. The molecule has 112 valence electrons. The summed E-state index contributed by atoms with van der Waals surface area (Å²) in [5.74, 6) is 0. The number of benzene rings is 1. The summed E-state index contributed by atoms with van der Waals surface area (Å²) in [7, 11) is 0. The molecule has 4 nitrogen and oxygen atoms in total. The number of hydrogen-bond acceptors (Lipinski definition) is 2. The van der Waals surface area contributed by atoms with Crippen molar-refractivity contribution in [1.82, 2.24) is 10.6 Å². The molecule has 0 fully saturated rings. The van der Waals surface area contributed by atoms with E-state index in [2.05, 4.69) is 42.8 Å². The molecule has 0 saturated carbocycles. The second-order valence-corrected chi connectivity index (χ2v) is 5.72. The summed E-state index contributed by atoms with van der Waals surface area (Å²) in [6.07, 6.45) is 0.887. The van der Waals surface area contributed by atoms with Crippen LogP contribution in [0.5, 0.6) is 0 Å². The Morgan fingerprint density at radius 3 is 2.60 bits per heavy atom. The summed E-state index contributed by atoms with van der Waals surface area (Å²) in [5.41, 5.74) is 1.79. The third-order valence-electron chi connectivity index (χ3n) is 3.49. The van der Waals surface area contributed by atoms with Crippen LogP contribution in [0.1, 0.15) is 52.6 Å². The van der Waals surface area contributed by atoms with Gasteiger partial charge in [0.15, 0.2) is 0 Å². The second-order valence-electron chi connectivity index (χ2n) is 5.72. The zero-order valence-corrected chi connectivity index (χ0v) is 13.2. The molecule has 1 atom stereocenters. The number of rotatable bonds is 6. The highest BCUT2D eigenvalue weighted by atomic mass is 16.2. The first-order valence-electron chi connectivity index (χ1n) is 7.30. The molecular weight excluding hydrogens is 250 g/mol. The van der Waals surface area contributed by atoms with Gasteiger partial charge >= 0.3 is 6.03 Å². The first-order valence-corrected chi connectivity index (χ1v) is 7.30. The molecule has 1 aromatic rings. The lowest BCUT2D eigenvalue weighted by Gasteiger charge is -2.24. The van der Waals surface area contributed by atoms with Crippen LogP contribution in [0.15, 0.2) is 24.3 Å². The molecule has 0 spiro atoms. The summed E-state index contributed by atoms with van der Waals surface area (Å²) in [6.45, 7) is 11.2. The fraction of sp³-hybridized carbons (Fsp3) is 0.562. The van der Waals surface area contributed by atoms with Gasteiger partial charge in [0.1, 0.15) is 0 Å². The molecule has 0 radical (unpaired) electrons. The molecule has 2 amide bonds. The molecule has 0 aliphatic carbocycles. The molecule has 1 aromatic carbocycles. The van der Waals surface area contributed by atoms with E-state index in [1.54, 1.807) is 0 Å². The van der Waals surface area contributed by atoms with Gasteiger partial charge < -0.3 is 16.0 Å². The zero-order chi connectivity index (χ0) is 15.2. The van der Waals surface area contributed by atoms with Gasteiger partial charge in [-0.25, -0.2) is 4.79 Å². The molecule has 0 heterocycles. The van der Waals surface area contributed by atoms with Crippen LogP contribution in [0, 0.1) is 0 Å². The first kappa shape index (κ1) is 16.5. The highest BCUT2D eigenvalue weighted by Crippen LogP contribution is 2.17. The van der Waals surface area contributed by atoms with E-state index in [0.29, 0.717) is 0 Å². The highest BCUT2D eigenvalue weighted by Gasteiger charge is 2.17. The van der Waals surface area contributed by atoms with Crippen molar-refractivity contribution in [3.63, 3.8) is 0 Å². The number of anilines is 1. The lowest BCUT2D eigenvalue weighted by molar-refractivity contribution is 0.240. The Kier molecular flexibility index (Phi) is 6.02. The van der Waals surface area contributed by atoms with Crippen LogP contribution in [0.3, 0.4) is 0 Å². The maximum absolute atomic E-state index is 12.0. The van der Waals surface area contributed by atoms with Crippen LogP contribution in [0.2, 0.25) is 0 Å². The van der Waals surface area contributed by atoms with E-state index in [1.807, 2.05) is 32.0 Å². The monoisotopic (exact) mass is 277 g/mol. The average molecular weight is 277 g/mol. The van der Waals surface area contributed by atoms with Crippen LogP contribution >= 0.6 is 0 Å². The van der Waals surface area contributed by atoms with Gasteiger partial charge in [0, 0.05) is 17.3 Å². The SMILES string of the molecule is CCNC(C)c1cccc(NC(=O)NC(C)(C)CC)c1. The van der Waals surface area contributed by atoms with Gasteiger partial charge in [0.25, 0.3) is 0 Å². The first-order chi connectivity index (χ1) is 9.38. The summed E-state index contributed by atoms with van der Waals surface area (Å²) in [6, 6.07) is 8.05. The Morgan fingerprint density at radius 1 is 1.30 bits per heavy atom. The van der Waals surface area contributed by atoms with Crippen LogP contribution in [-0.2, 0) is 0 Å². The molecule has 4 heteroatoms. The van der Waals surface area contributed by atoms with Crippen LogP contribution < -0.4 is 16.0 Å². The predicted molar refractivity (Wildman–Crippen MR) is 85.1 cm³/mol. The van der Waals surface area contributed by atoms with Gasteiger partial charge in [-0.1, -0.05) is 26.0 Å². The Hall–Kier alpha value is -1.55. The van der Waals surface area contributed by atoms with Crippen molar-refractivity contribution < 1.29 is 4.79 Å². The lowest BCUT2D eigenvalue weighted by atomic mass is 10.0. The van der Waals surface area contributed by atoms with Gasteiger partial charge in [-0.2, -0.15) is 0 Å². The third-order valence-corrected chi connectivity index (χ3v) is 3.49. The lowest BCUT2D eigenvalue weighted by Crippen LogP contribution is -2.45. The van der Waals surface area contributed by atoms with E-state index in [9.17, 15) is 4.79 Å². The fourth-order valence-corrected chi connectivity index (χ4v) is 1.87. The molecule has 0 bridgehead atoms. The van der Waals surface area contributed by atoms with E-state index in [1.165, 1.54) is 5.56 Å². The molecule has 0 aliphatic rings. The van der Waals surface area contributed by atoms with Crippen molar-refractivity contribution in [3.8, 4) is 0 Å². The standard InChI is InChI=1S/C16H27N3O/c1-6-16(4,5)19-15(20)18-14-10-8-9-13(11-14)12(3)17-7-2/h8-12,17H,6-7H2,1-5H3,(H2,18,19,20). The maximum atomic E-state index is 12.0. The Labute approximate surface area is 122 Å². The number of hydrogen-bond donors (Lipinski definition) is 3. The Bertz CT molecular complexity index is 443. The van der Waals surface area contributed by atoms with E-state index in [0.717, 1.165) is 18.7 Å². The Morgan fingerprint density at radius 2 is 2.00 bits per heavy atom. The molecule has 0 aromatic heterocycles. The van der Waals surface area contributed by atoms with Gasteiger partial charge in [0.2, 0.25) is 0 Å². The van der Waals surface area contributed by atoms with E-state index in [-0.39, 0.29) is 17.6 Å². The van der Waals surface area contributed by atoms with Gasteiger partial charge in [0.05, 0.1) is 0 Å². The summed E-state index contributed by atoms with van der Waals surface area (Å²) < 4.78 is 0. The van der Waals surface area contributed by atoms with Crippen molar-refractivity contribution in [1.29, 1.82) is 0 Å². The largest absolute Gasteiger partial charge is 0.333 e. The molecule has 0 saturated heterocycles. The topological polar surface area (TPSA) is 53.2 Å². The van der Waals surface area contributed by atoms with Crippen molar-refractivity contribution in [3.05, 3.63) is 29.8 Å². The number of urea groups is 1. The quantitative estimate of drug-likeness (QED) is 0.743. The average Bonchev–Trinajstić information content (AvgIpc) is 2.38. The van der Waals surface area contributed by atoms with Crippen molar-refractivity contribution in [2.24, 2.45) is 0 Å². The molecular formula is C16H27N3O. The van der Waals surface area contributed by atoms with Crippen molar-refractivity contribution >= 4 is 11.7 Å². The van der Waals surface area contributed by atoms with Gasteiger partial charge in [-0.3, -0.25) is 0 Å². The van der Waals surface area contributed by atoms with Crippen LogP contribution in [0.25, 0.3) is 0 Å². The van der Waals surface area contributed by atoms with Crippen molar-refractivity contribution in [2.75, 3.05) is 11.9 Å². The smallest absolute Gasteiger partial charge is 0.319 e. The molecule has 1 unspecified atom stereocenters. The summed E-state index contributed by atoms with van der Waals surface area (Å²) >= 11 is 0. The predicted octanol–water partition coefficient (Wildman–Crippen LogP) is 3.67. The molecule has 0 aliphatic heterocycles. The molecule has 20 heavy (non-hydrogen) atoms. The molecule has 1 rings (SSSR count). The van der Waals surface area contributed by atoms with Crippen LogP contribution in [0.4, 0.5) is 10.5 Å². The van der Waals surface area contributed by atoms with E-state index >= 15 is 0 Å². The number of carbonyl (C=O) groups is 1. The van der Waals surface area contributed by atoms with E-state index < -0.39 is 0 Å². The zero-order valence-electron chi connectivity index (χ0n) is 13.2. The molecule has 3 N–H and O–H groups in total. The fourth-order valence-electron chi connectivity index (χ4n) is 1.87. The minimum Gasteiger partial charge on any atom is -0.333 e. The Balaban J connectivity index is 2.69. The van der Waals surface area contributed by atoms with E-state index in [4.69, 9.17) is 0 Å². The number of carbonyl (C=O) groups excluding carboxylic acids is 1. The highest BCUT2D eigenvalue weighted by molar-refractivity contribution is 5.89. The van der Waals surface area contributed by atoms with Gasteiger partial charge in [-0.15, -0.1) is 0 Å². The third kappa shape index (κ3) is 5.21. The second kappa shape index (κ2) is 7.29. The number of amides is 2. The minimum absolute atomic E-state index is 0.162. The normalized spacial score (nSPS) is 12.8. The minimum atomic E-state index is -0.196. The summed E-state index contributed by atoms with van der Waals surface area (Å²) in [5, 5.41) is 9.22. The number of nitrogens with one attached hydrogen (secondary N) is 3.